The SMILES string of the molecule is O=C(c1ccc(F)cc1)N1CCc2cc(=O)n(CCc3ccccc3)cc2C1. The van der Waals surface area contributed by atoms with Gasteiger partial charge in [0.2, 0.25) is 0 Å². The number of pyridine rings is 1. The quantitative estimate of drug-likeness (QED) is 0.700. The van der Waals surface area contributed by atoms with Crippen LogP contribution in [-0.4, -0.2) is 21.9 Å². The maximum Gasteiger partial charge on any atom is 0.254 e. The van der Waals surface area contributed by atoms with Crippen molar-refractivity contribution in [2.75, 3.05) is 6.54 Å². The Kier molecular flexibility index (Phi) is 5.06. The second-order valence-electron chi connectivity index (χ2n) is 7.07. The molecular weight excluding hydrogens is 355 g/mol. The standard InChI is InChI=1S/C23H21FN2O2/c24-21-8-6-18(7-9-21)23(28)26-13-11-19-14-22(27)25(15-20(19)16-26)12-10-17-4-2-1-3-5-17/h1-9,14-15H,10-13,16H2. The van der Waals surface area contributed by atoms with Gasteiger partial charge in [-0.2, -0.15) is 0 Å². The number of benzene rings is 2. The highest BCUT2D eigenvalue weighted by molar-refractivity contribution is 5.94. The molecule has 142 valence electrons. The molecule has 1 aromatic heterocycles. The van der Waals surface area contributed by atoms with E-state index in [1.54, 1.807) is 15.5 Å². The first-order chi connectivity index (χ1) is 13.6. The molecule has 4 rings (SSSR count). The summed E-state index contributed by atoms with van der Waals surface area (Å²) in [6.07, 6.45) is 3.31. The number of amides is 1. The van der Waals surface area contributed by atoms with Crippen LogP contribution in [0.4, 0.5) is 4.39 Å². The Morgan fingerprint density at radius 3 is 2.50 bits per heavy atom. The average molecular weight is 376 g/mol. The smallest absolute Gasteiger partial charge is 0.254 e. The lowest BCUT2D eigenvalue weighted by Crippen LogP contribution is -2.37. The molecule has 0 atom stereocenters. The van der Waals surface area contributed by atoms with Gasteiger partial charge in [-0.1, -0.05) is 30.3 Å². The fourth-order valence-corrected chi connectivity index (χ4v) is 3.59. The highest BCUT2D eigenvalue weighted by Gasteiger charge is 2.22. The van der Waals surface area contributed by atoms with Gasteiger partial charge >= 0.3 is 0 Å². The predicted octanol–water partition coefficient (Wildman–Crippen LogP) is 3.43. The van der Waals surface area contributed by atoms with E-state index in [-0.39, 0.29) is 17.3 Å². The Morgan fingerprint density at radius 1 is 1.00 bits per heavy atom. The molecule has 0 aliphatic carbocycles. The summed E-state index contributed by atoms with van der Waals surface area (Å²) in [5.74, 6) is -0.476. The Bertz CT molecular complexity index is 1040. The molecule has 0 saturated heterocycles. The minimum absolute atomic E-state index is 0.00649. The highest BCUT2D eigenvalue weighted by Crippen LogP contribution is 2.19. The molecule has 0 radical (unpaired) electrons. The van der Waals surface area contributed by atoms with Crippen LogP contribution in [0.1, 0.15) is 27.0 Å². The van der Waals surface area contributed by atoms with Crippen molar-refractivity contribution >= 4 is 5.91 Å². The van der Waals surface area contributed by atoms with Crippen molar-refractivity contribution in [2.24, 2.45) is 0 Å². The third-order valence-electron chi connectivity index (χ3n) is 5.18. The number of aromatic nitrogens is 1. The maximum atomic E-state index is 13.1. The molecule has 1 aliphatic heterocycles. The Balaban J connectivity index is 1.51. The van der Waals surface area contributed by atoms with Crippen LogP contribution in [0.2, 0.25) is 0 Å². The zero-order valence-electron chi connectivity index (χ0n) is 15.5. The average Bonchev–Trinajstić information content (AvgIpc) is 2.73. The third kappa shape index (κ3) is 3.88. The van der Waals surface area contributed by atoms with E-state index in [0.29, 0.717) is 31.6 Å². The molecule has 1 aliphatic rings. The van der Waals surface area contributed by atoms with Gasteiger partial charge in [-0.15, -0.1) is 0 Å². The van der Waals surface area contributed by atoms with Crippen molar-refractivity contribution in [2.45, 2.75) is 25.9 Å². The number of fused-ring (bicyclic) bond motifs is 1. The number of halogens is 1. The first-order valence-corrected chi connectivity index (χ1v) is 9.41. The van der Waals surface area contributed by atoms with Crippen LogP contribution in [0.3, 0.4) is 0 Å². The molecule has 0 N–H and O–H groups in total. The van der Waals surface area contributed by atoms with Crippen molar-refractivity contribution in [1.29, 1.82) is 0 Å². The van der Waals surface area contributed by atoms with E-state index in [1.165, 1.54) is 29.8 Å². The van der Waals surface area contributed by atoms with Crippen molar-refractivity contribution in [1.82, 2.24) is 9.47 Å². The fraction of sp³-hybridized carbons (Fsp3) is 0.217. The van der Waals surface area contributed by atoms with Crippen LogP contribution in [0.25, 0.3) is 0 Å². The molecule has 2 heterocycles. The molecule has 1 amide bonds. The van der Waals surface area contributed by atoms with Gasteiger partial charge in [-0.3, -0.25) is 9.59 Å². The number of nitrogens with zero attached hydrogens (tertiary/aromatic N) is 2. The lowest BCUT2D eigenvalue weighted by molar-refractivity contribution is 0.0734. The number of carbonyl (C=O) groups excluding carboxylic acids is 1. The second-order valence-corrected chi connectivity index (χ2v) is 7.07. The summed E-state index contributed by atoms with van der Waals surface area (Å²) in [6.45, 7) is 1.61. The number of hydrogen-bond acceptors (Lipinski definition) is 2. The van der Waals surface area contributed by atoms with Crippen LogP contribution >= 0.6 is 0 Å². The normalized spacial score (nSPS) is 13.2. The van der Waals surface area contributed by atoms with E-state index in [1.807, 2.05) is 36.5 Å². The van der Waals surface area contributed by atoms with Gasteiger partial charge in [0.05, 0.1) is 0 Å². The van der Waals surface area contributed by atoms with E-state index in [0.717, 1.165) is 17.5 Å². The zero-order chi connectivity index (χ0) is 19.5. The molecule has 2 aromatic carbocycles. The molecule has 5 heteroatoms. The fourth-order valence-electron chi connectivity index (χ4n) is 3.59. The highest BCUT2D eigenvalue weighted by atomic mass is 19.1. The van der Waals surface area contributed by atoms with Crippen LogP contribution in [0.15, 0.2) is 71.7 Å². The third-order valence-corrected chi connectivity index (χ3v) is 5.18. The summed E-state index contributed by atoms with van der Waals surface area (Å²) in [6, 6.07) is 17.4. The van der Waals surface area contributed by atoms with Gasteiger partial charge in [0.15, 0.2) is 0 Å². The molecular formula is C23H21FN2O2. The largest absolute Gasteiger partial charge is 0.334 e. The lowest BCUT2D eigenvalue weighted by atomic mass is 10.0. The molecule has 0 unspecified atom stereocenters. The van der Waals surface area contributed by atoms with E-state index in [9.17, 15) is 14.0 Å². The van der Waals surface area contributed by atoms with Crippen molar-refractivity contribution in [3.8, 4) is 0 Å². The molecule has 0 saturated carbocycles. The number of rotatable bonds is 4. The zero-order valence-corrected chi connectivity index (χ0v) is 15.5. The Hall–Kier alpha value is -3.21. The second kappa shape index (κ2) is 7.80. The number of hydrogen-bond donors (Lipinski definition) is 0. The van der Waals surface area contributed by atoms with Crippen molar-refractivity contribution in [3.05, 3.63) is 105 Å². The summed E-state index contributed by atoms with van der Waals surface area (Å²) in [4.78, 5) is 26.9. The molecule has 0 bridgehead atoms. The van der Waals surface area contributed by atoms with Crippen LogP contribution in [0, 0.1) is 5.82 Å². The van der Waals surface area contributed by atoms with Crippen LogP contribution in [-0.2, 0) is 25.9 Å². The summed E-state index contributed by atoms with van der Waals surface area (Å²) < 4.78 is 14.8. The summed E-state index contributed by atoms with van der Waals surface area (Å²) in [5, 5.41) is 0. The van der Waals surface area contributed by atoms with E-state index < -0.39 is 0 Å². The van der Waals surface area contributed by atoms with Crippen LogP contribution in [0.5, 0.6) is 0 Å². The van der Waals surface area contributed by atoms with Crippen molar-refractivity contribution in [3.63, 3.8) is 0 Å². The molecule has 0 fully saturated rings. The number of carbonyl (C=O) groups is 1. The van der Waals surface area contributed by atoms with Crippen LogP contribution < -0.4 is 5.56 Å². The van der Waals surface area contributed by atoms with Gasteiger partial charge in [0.1, 0.15) is 5.82 Å². The van der Waals surface area contributed by atoms with Gasteiger partial charge in [-0.05, 0) is 53.8 Å². The summed E-state index contributed by atoms with van der Waals surface area (Å²) in [7, 11) is 0. The van der Waals surface area contributed by atoms with Gasteiger partial charge in [-0.25, -0.2) is 4.39 Å². The first kappa shape index (κ1) is 18.2. The van der Waals surface area contributed by atoms with E-state index >= 15 is 0 Å². The summed E-state index contributed by atoms with van der Waals surface area (Å²) in [5.41, 5.74) is 3.65. The molecule has 0 spiro atoms. The predicted molar refractivity (Wildman–Crippen MR) is 106 cm³/mol. The maximum absolute atomic E-state index is 13.1. The Labute approximate surface area is 162 Å². The topological polar surface area (TPSA) is 42.3 Å². The molecule has 3 aromatic rings. The van der Waals surface area contributed by atoms with Gasteiger partial charge < -0.3 is 9.47 Å². The molecule has 28 heavy (non-hydrogen) atoms. The monoisotopic (exact) mass is 376 g/mol. The summed E-state index contributed by atoms with van der Waals surface area (Å²) >= 11 is 0. The minimum atomic E-state index is -0.358. The van der Waals surface area contributed by atoms with Crippen molar-refractivity contribution < 1.29 is 9.18 Å². The van der Waals surface area contributed by atoms with E-state index in [2.05, 4.69) is 0 Å². The minimum Gasteiger partial charge on any atom is -0.334 e. The van der Waals surface area contributed by atoms with Gasteiger partial charge in [0.25, 0.3) is 11.5 Å². The Morgan fingerprint density at radius 2 is 1.75 bits per heavy atom. The number of aryl methyl sites for hydroxylation is 2. The first-order valence-electron chi connectivity index (χ1n) is 9.41. The van der Waals surface area contributed by atoms with E-state index in [4.69, 9.17) is 0 Å². The molecule has 4 nitrogen and oxygen atoms in total. The van der Waals surface area contributed by atoms with Gasteiger partial charge in [0, 0.05) is 37.5 Å². The lowest BCUT2D eigenvalue weighted by Gasteiger charge is -2.29.